The van der Waals surface area contributed by atoms with Gasteiger partial charge in [0.25, 0.3) is 0 Å². The molecule has 0 bridgehead atoms. The molecule has 1 saturated heterocycles. The van der Waals surface area contributed by atoms with Crippen molar-refractivity contribution in [2.45, 2.75) is 83.5 Å². The first kappa shape index (κ1) is 29.0. The highest BCUT2D eigenvalue weighted by Gasteiger charge is 2.57. The summed E-state index contributed by atoms with van der Waals surface area (Å²) in [6.45, 7) is 9.18. The fourth-order valence-corrected chi connectivity index (χ4v) is 6.29. The zero-order valence-corrected chi connectivity index (χ0v) is 24.5. The number of pyridine rings is 1. The number of rotatable bonds is 9. The van der Waals surface area contributed by atoms with Crippen LogP contribution in [-0.4, -0.2) is 65.2 Å². The first-order valence-corrected chi connectivity index (χ1v) is 14.8. The van der Waals surface area contributed by atoms with Crippen molar-refractivity contribution < 1.29 is 23.9 Å². The number of fused-ring (bicyclic) bond motifs is 2. The van der Waals surface area contributed by atoms with Gasteiger partial charge in [-0.25, -0.2) is 9.78 Å². The zero-order valence-electron chi connectivity index (χ0n) is 24.5. The van der Waals surface area contributed by atoms with Crippen molar-refractivity contribution >= 4 is 23.8 Å². The van der Waals surface area contributed by atoms with E-state index in [0.717, 1.165) is 24.0 Å². The second-order valence-corrected chi connectivity index (χ2v) is 12.4. The lowest BCUT2D eigenvalue weighted by Crippen LogP contribution is -2.47. The number of piperidine rings is 1. The highest BCUT2D eigenvalue weighted by molar-refractivity contribution is 5.89. The fourth-order valence-electron chi connectivity index (χ4n) is 6.29. The summed E-state index contributed by atoms with van der Waals surface area (Å²) < 4.78 is 10.9. The number of amides is 2. The van der Waals surface area contributed by atoms with Gasteiger partial charge in [-0.1, -0.05) is 36.4 Å². The Labute approximate surface area is 242 Å². The lowest BCUT2D eigenvalue weighted by Gasteiger charge is -2.37. The van der Waals surface area contributed by atoms with Crippen molar-refractivity contribution in [3.63, 3.8) is 0 Å². The van der Waals surface area contributed by atoms with Gasteiger partial charge in [0.1, 0.15) is 11.4 Å². The molecular formula is C32H42N4O5. The number of carbonyl (C=O) groups excluding carboxylic acids is 3. The SMILES string of the molecule is CCOC(=O)CC(NC1[C@H]2CN(C(=O)CCC3CCc4cccnc4N3C(=O)OC(C)(C)C)C[C@@H]12)c1ccccc1. The average Bonchev–Trinajstić information content (AvgIpc) is 3.36. The molecule has 41 heavy (non-hydrogen) atoms. The summed E-state index contributed by atoms with van der Waals surface area (Å²) in [5, 5.41) is 3.68. The van der Waals surface area contributed by atoms with Crippen molar-refractivity contribution in [1.29, 1.82) is 0 Å². The summed E-state index contributed by atoms with van der Waals surface area (Å²) in [5.41, 5.74) is 1.47. The normalized spacial score (nSPS) is 23.8. The Morgan fingerprint density at radius 2 is 1.80 bits per heavy atom. The number of anilines is 1. The number of likely N-dealkylation sites (tertiary alicyclic amines) is 1. The quantitative estimate of drug-likeness (QED) is 0.444. The van der Waals surface area contributed by atoms with Gasteiger partial charge in [-0.05, 0) is 76.0 Å². The number of aromatic nitrogens is 1. The van der Waals surface area contributed by atoms with Crippen molar-refractivity contribution in [2.24, 2.45) is 11.8 Å². The number of nitrogens with zero attached hydrogens (tertiary/aromatic N) is 3. The van der Waals surface area contributed by atoms with Crippen LogP contribution in [0, 0.1) is 11.8 Å². The Hall–Kier alpha value is -3.46. The summed E-state index contributed by atoms with van der Waals surface area (Å²) in [7, 11) is 0. The Bertz CT molecular complexity index is 1230. The molecule has 1 aromatic heterocycles. The maximum Gasteiger partial charge on any atom is 0.416 e. The molecule has 3 heterocycles. The average molecular weight is 563 g/mol. The van der Waals surface area contributed by atoms with Crippen LogP contribution in [0.1, 0.15) is 70.5 Å². The van der Waals surface area contributed by atoms with Crippen LogP contribution in [0.4, 0.5) is 10.6 Å². The third-order valence-corrected chi connectivity index (χ3v) is 8.31. The van der Waals surface area contributed by atoms with E-state index in [2.05, 4.69) is 10.3 Å². The number of esters is 1. The third-order valence-electron chi connectivity index (χ3n) is 8.31. The van der Waals surface area contributed by atoms with E-state index in [1.54, 1.807) is 11.1 Å². The van der Waals surface area contributed by atoms with E-state index in [0.29, 0.717) is 50.2 Å². The first-order valence-electron chi connectivity index (χ1n) is 14.8. The largest absolute Gasteiger partial charge is 0.466 e. The molecule has 9 nitrogen and oxygen atoms in total. The number of ether oxygens (including phenoxy) is 2. The number of carbonyl (C=O) groups is 3. The zero-order chi connectivity index (χ0) is 29.1. The van der Waals surface area contributed by atoms with Crippen molar-refractivity contribution in [2.75, 3.05) is 24.6 Å². The minimum Gasteiger partial charge on any atom is -0.466 e. The van der Waals surface area contributed by atoms with Crippen LogP contribution < -0.4 is 10.2 Å². The van der Waals surface area contributed by atoms with Gasteiger partial charge >= 0.3 is 12.1 Å². The molecule has 5 atom stereocenters. The smallest absolute Gasteiger partial charge is 0.416 e. The molecular weight excluding hydrogens is 520 g/mol. The molecule has 0 spiro atoms. The van der Waals surface area contributed by atoms with E-state index in [-0.39, 0.29) is 36.4 Å². The number of nitrogens with one attached hydrogen (secondary N) is 1. The molecule has 220 valence electrons. The molecule has 2 fully saturated rings. The topological polar surface area (TPSA) is 101 Å². The van der Waals surface area contributed by atoms with Crippen LogP contribution in [0.5, 0.6) is 0 Å². The van der Waals surface area contributed by atoms with E-state index < -0.39 is 11.7 Å². The number of benzene rings is 1. The second kappa shape index (κ2) is 12.2. The van der Waals surface area contributed by atoms with Gasteiger partial charge < -0.3 is 19.7 Å². The molecule has 5 rings (SSSR count). The molecule has 0 radical (unpaired) electrons. The van der Waals surface area contributed by atoms with Gasteiger partial charge in [-0.3, -0.25) is 14.5 Å². The summed E-state index contributed by atoms with van der Waals surface area (Å²) >= 11 is 0. The number of hydrogen-bond donors (Lipinski definition) is 1. The molecule has 1 N–H and O–H groups in total. The molecule has 2 aromatic rings. The van der Waals surface area contributed by atoms with Gasteiger partial charge in [0, 0.05) is 43.8 Å². The molecule has 3 unspecified atom stereocenters. The van der Waals surface area contributed by atoms with Gasteiger partial charge in [0.2, 0.25) is 5.91 Å². The van der Waals surface area contributed by atoms with Crippen molar-refractivity contribution in [1.82, 2.24) is 15.2 Å². The van der Waals surface area contributed by atoms with Gasteiger partial charge in [0.05, 0.1) is 13.0 Å². The predicted molar refractivity (Wildman–Crippen MR) is 155 cm³/mol. The van der Waals surface area contributed by atoms with Crippen LogP contribution >= 0.6 is 0 Å². The van der Waals surface area contributed by atoms with Crippen LogP contribution in [0.3, 0.4) is 0 Å². The van der Waals surface area contributed by atoms with Crippen LogP contribution in [0.25, 0.3) is 0 Å². The molecule has 3 aliphatic rings. The Kier molecular flexibility index (Phi) is 8.63. The third kappa shape index (κ3) is 6.89. The monoisotopic (exact) mass is 562 g/mol. The highest BCUT2D eigenvalue weighted by atomic mass is 16.6. The summed E-state index contributed by atoms with van der Waals surface area (Å²) in [5.74, 6) is 1.32. The van der Waals surface area contributed by atoms with Crippen LogP contribution in [-0.2, 0) is 25.5 Å². The van der Waals surface area contributed by atoms with Gasteiger partial charge in [-0.2, -0.15) is 0 Å². The fraction of sp³-hybridized carbons (Fsp3) is 0.562. The maximum absolute atomic E-state index is 13.3. The predicted octanol–water partition coefficient (Wildman–Crippen LogP) is 4.66. The molecule has 2 amide bonds. The number of hydrogen-bond acceptors (Lipinski definition) is 7. The minimum absolute atomic E-state index is 0.114. The minimum atomic E-state index is -0.624. The summed E-state index contributed by atoms with van der Waals surface area (Å²) in [6, 6.07) is 13.9. The van der Waals surface area contributed by atoms with E-state index in [4.69, 9.17) is 9.47 Å². The molecule has 1 saturated carbocycles. The van der Waals surface area contributed by atoms with E-state index >= 15 is 0 Å². The highest BCUT2D eigenvalue weighted by Crippen LogP contribution is 2.47. The van der Waals surface area contributed by atoms with E-state index in [9.17, 15) is 14.4 Å². The van der Waals surface area contributed by atoms with Crippen molar-refractivity contribution in [3.05, 3.63) is 59.8 Å². The van der Waals surface area contributed by atoms with Crippen molar-refractivity contribution in [3.8, 4) is 0 Å². The lowest BCUT2D eigenvalue weighted by molar-refractivity contribution is -0.143. The molecule has 1 aromatic carbocycles. The maximum atomic E-state index is 13.3. The summed E-state index contributed by atoms with van der Waals surface area (Å²) in [4.78, 5) is 46.9. The second-order valence-electron chi connectivity index (χ2n) is 12.4. The molecule has 9 heteroatoms. The van der Waals surface area contributed by atoms with Gasteiger partial charge in [-0.15, -0.1) is 0 Å². The lowest BCUT2D eigenvalue weighted by atomic mass is 9.95. The Morgan fingerprint density at radius 3 is 2.49 bits per heavy atom. The molecule has 1 aliphatic carbocycles. The molecule has 2 aliphatic heterocycles. The van der Waals surface area contributed by atoms with Gasteiger partial charge in [0.15, 0.2) is 0 Å². The number of aryl methyl sites for hydroxylation is 1. The van der Waals surface area contributed by atoms with Crippen LogP contribution in [0.15, 0.2) is 48.7 Å². The van der Waals surface area contributed by atoms with E-state index in [1.165, 1.54) is 0 Å². The Balaban J connectivity index is 1.16. The summed E-state index contributed by atoms with van der Waals surface area (Å²) in [6.07, 6.45) is 4.09. The Morgan fingerprint density at radius 1 is 1.07 bits per heavy atom. The van der Waals surface area contributed by atoms with Crippen LogP contribution in [0.2, 0.25) is 0 Å². The standard InChI is InChI=1S/C32H42N4O5/c1-5-40-28(38)18-26(21-10-7-6-8-11-21)34-29-24-19-35(20-25(24)29)27(37)16-15-23-14-13-22-12-9-17-33-30(22)36(23)31(39)41-32(2,3)4/h6-12,17,23-26,29,34H,5,13-16,18-20H2,1-4H3/t23?,24-,25+,26?,29?. The van der Waals surface area contributed by atoms with E-state index in [1.807, 2.05) is 75.1 Å². The first-order chi connectivity index (χ1) is 19.6.